The van der Waals surface area contributed by atoms with Gasteiger partial charge >= 0.3 is 0 Å². The molecule has 1 amide bonds. The van der Waals surface area contributed by atoms with Crippen molar-refractivity contribution >= 4 is 34.4 Å². The highest BCUT2D eigenvalue weighted by Gasteiger charge is 2.24. The number of rotatable bonds is 9. The molecule has 172 valence electrons. The molecule has 1 unspecified atom stereocenters. The van der Waals surface area contributed by atoms with Crippen LogP contribution in [0.25, 0.3) is 16.7 Å². The Kier molecular flexibility index (Phi) is 7.24. The van der Waals surface area contributed by atoms with Gasteiger partial charge < -0.3 is 19.9 Å². The second kappa shape index (κ2) is 10.7. The number of carbonyl (C=O) groups is 1. The number of aliphatic hydroxyl groups excluding tert-OH is 1. The summed E-state index contributed by atoms with van der Waals surface area (Å²) in [5.74, 6) is -0.205. The number of ether oxygens (including phenoxy) is 2. The number of nitrogens with zero attached hydrogens (tertiary/aromatic N) is 6. The summed E-state index contributed by atoms with van der Waals surface area (Å²) in [6.45, 7) is -0.355. The van der Waals surface area contributed by atoms with Crippen molar-refractivity contribution in [3.63, 3.8) is 0 Å². The number of pyridine rings is 1. The average molecular weight is 480 g/mol. The molecule has 4 aromatic rings. The van der Waals surface area contributed by atoms with Crippen molar-refractivity contribution < 1.29 is 19.4 Å². The lowest BCUT2D eigenvalue weighted by Crippen LogP contribution is -2.37. The Labute approximate surface area is 198 Å². The molecule has 0 bridgehead atoms. The van der Waals surface area contributed by atoms with Gasteiger partial charge in [0.1, 0.15) is 23.6 Å². The maximum atomic E-state index is 12.9. The van der Waals surface area contributed by atoms with Crippen molar-refractivity contribution in [2.24, 2.45) is 0 Å². The number of hydrogen-bond acceptors (Lipinski definition) is 9. The first-order valence-electron chi connectivity index (χ1n) is 10.1. The van der Waals surface area contributed by atoms with Gasteiger partial charge in [0.25, 0.3) is 5.91 Å². The Balaban J connectivity index is 1.60. The van der Waals surface area contributed by atoms with Crippen LogP contribution in [0.3, 0.4) is 0 Å². The third-order valence-electron chi connectivity index (χ3n) is 4.60. The monoisotopic (exact) mass is 479 g/mol. The van der Waals surface area contributed by atoms with Crippen molar-refractivity contribution in [1.82, 2.24) is 24.7 Å². The van der Waals surface area contributed by atoms with Crippen LogP contribution >= 0.6 is 11.6 Å². The minimum atomic E-state index is -1.13. The van der Waals surface area contributed by atoms with E-state index in [1.807, 2.05) is 12.1 Å². The van der Waals surface area contributed by atoms with Gasteiger partial charge in [-0.05, 0) is 24.3 Å². The standard InChI is InChI=1S/C22H18ClN7O4/c23-16-3-1-2-4-17(16)30-20-15(11-28-30)22(27-13-26-20)34-18(12-33-8-7-31)21(32)29-19-6-5-14(9-24)10-25-19/h1-6,10-11,13,18,31H,7-8,12H2,(H,25,29,32). The third kappa shape index (κ3) is 5.10. The fourth-order valence-corrected chi connectivity index (χ4v) is 3.23. The molecule has 12 heteroatoms. The molecule has 0 saturated carbocycles. The number of fused-ring (bicyclic) bond motifs is 1. The fraction of sp³-hybridized carbons (Fsp3) is 0.182. The van der Waals surface area contributed by atoms with Crippen LogP contribution in [0.4, 0.5) is 5.82 Å². The lowest BCUT2D eigenvalue weighted by atomic mass is 10.3. The molecule has 3 heterocycles. The molecule has 0 saturated heterocycles. The molecule has 2 N–H and O–H groups in total. The maximum absolute atomic E-state index is 12.9. The zero-order valence-corrected chi connectivity index (χ0v) is 18.4. The van der Waals surface area contributed by atoms with Crippen LogP contribution in [0.5, 0.6) is 5.88 Å². The van der Waals surface area contributed by atoms with E-state index in [0.29, 0.717) is 27.3 Å². The summed E-state index contributed by atoms with van der Waals surface area (Å²) in [6, 6.07) is 12.1. The Morgan fingerprint density at radius 3 is 2.79 bits per heavy atom. The van der Waals surface area contributed by atoms with Gasteiger partial charge in [0.2, 0.25) is 12.0 Å². The molecule has 4 rings (SSSR count). The zero-order valence-electron chi connectivity index (χ0n) is 17.6. The summed E-state index contributed by atoms with van der Waals surface area (Å²) in [4.78, 5) is 25.4. The number of hydrogen-bond donors (Lipinski definition) is 2. The van der Waals surface area contributed by atoms with Gasteiger partial charge in [-0.2, -0.15) is 10.4 Å². The summed E-state index contributed by atoms with van der Waals surface area (Å²) >= 11 is 6.30. The van der Waals surface area contributed by atoms with Crippen LogP contribution in [0.1, 0.15) is 5.56 Å². The number of para-hydroxylation sites is 1. The Morgan fingerprint density at radius 2 is 2.06 bits per heavy atom. The van der Waals surface area contributed by atoms with Gasteiger partial charge in [-0.1, -0.05) is 23.7 Å². The number of nitrogens with one attached hydrogen (secondary N) is 1. The van der Waals surface area contributed by atoms with Gasteiger partial charge in [0, 0.05) is 6.20 Å². The van der Waals surface area contributed by atoms with Crippen molar-refractivity contribution in [1.29, 1.82) is 5.26 Å². The molecular weight excluding hydrogens is 462 g/mol. The van der Waals surface area contributed by atoms with Crippen molar-refractivity contribution in [2.75, 3.05) is 25.1 Å². The number of aromatic nitrogens is 5. The summed E-state index contributed by atoms with van der Waals surface area (Å²) < 4.78 is 12.8. The van der Waals surface area contributed by atoms with Gasteiger partial charge in [-0.15, -0.1) is 0 Å². The molecule has 0 radical (unpaired) electrons. The molecule has 1 aromatic carbocycles. The second-order valence-electron chi connectivity index (χ2n) is 6.86. The van der Waals surface area contributed by atoms with Gasteiger partial charge in [-0.3, -0.25) is 4.79 Å². The summed E-state index contributed by atoms with van der Waals surface area (Å²) in [5, 5.41) is 25.8. The predicted octanol–water partition coefficient (Wildman–Crippen LogP) is 2.13. The molecule has 0 fully saturated rings. The van der Waals surface area contributed by atoms with Crippen LogP contribution in [0.2, 0.25) is 5.02 Å². The van der Waals surface area contributed by atoms with Crippen molar-refractivity contribution in [2.45, 2.75) is 6.10 Å². The Hall–Kier alpha value is -4.11. The average Bonchev–Trinajstić information content (AvgIpc) is 3.29. The van der Waals surface area contributed by atoms with Crippen molar-refractivity contribution in [3.8, 4) is 17.6 Å². The summed E-state index contributed by atoms with van der Waals surface area (Å²) in [5.41, 5.74) is 1.41. The Bertz CT molecular complexity index is 1340. The first kappa shape index (κ1) is 23.1. The quantitative estimate of drug-likeness (QED) is 0.344. The number of aliphatic hydroxyl groups is 1. The van der Waals surface area contributed by atoms with Crippen LogP contribution in [-0.2, 0) is 9.53 Å². The number of anilines is 1. The van der Waals surface area contributed by atoms with E-state index < -0.39 is 12.0 Å². The SMILES string of the molecule is N#Cc1ccc(NC(=O)C(COCCO)Oc2ncnc3c2cnn3-c2ccccc2Cl)nc1. The fourth-order valence-electron chi connectivity index (χ4n) is 3.01. The number of halogens is 1. The van der Waals surface area contributed by atoms with E-state index in [2.05, 4.69) is 25.4 Å². The second-order valence-corrected chi connectivity index (χ2v) is 7.27. The lowest BCUT2D eigenvalue weighted by molar-refractivity contribution is -0.125. The van der Waals surface area contributed by atoms with E-state index in [1.54, 1.807) is 22.9 Å². The highest BCUT2D eigenvalue weighted by molar-refractivity contribution is 6.32. The molecule has 11 nitrogen and oxygen atoms in total. The van der Waals surface area contributed by atoms with Crippen LogP contribution in [0, 0.1) is 11.3 Å². The van der Waals surface area contributed by atoms with E-state index in [1.165, 1.54) is 30.9 Å². The molecule has 0 aliphatic carbocycles. The summed E-state index contributed by atoms with van der Waals surface area (Å²) in [7, 11) is 0. The number of amides is 1. The van der Waals surface area contributed by atoms with Crippen LogP contribution in [-0.4, -0.2) is 61.7 Å². The lowest BCUT2D eigenvalue weighted by Gasteiger charge is -2.18. The zero-order chi connectivity index (χ0) is 23.9. The van der Waals surface area contributed by atoms with Gasteiger partial charge in [0.05, 0.1) is 42.3 Å². The number of carbonyl (C=O) groups excluding carboxylic acids is 1. The van der Waals surface area contributed by atoms with Crippen molar-refractivity contribution in [3.05, 3.63) is 65.7 Å². The topological polar surface area (TPSA) is 148 Å². The first-order chi connectivity index (χ1) is 16.6. The van der Waals surface area contributed by atoms with E-state index in [4.69, 9.17) is 31.4 Å². The molecule has 0 spiro atoms. The van der Waals surface area contributed by atoms with E-state index in [-0.39, 0.29) is 31.5 Å². The first-order valence-corrected chi connectivity index (χ1v) is 10.4. The largest absolute Gasteiger partial charge is 0.461 e. The summed E-state index contributed by atoms with van der Waals surface area (Å²) in [6.07, 6.45) is 3.01. The predicted molar refractivity (Wildman–Crippen MR) is 122 cm³/mol. The molecule has 1 atom stereocenters. The molecule has 34 heavy (non-hydrogen) atoms. The van der Waals surface area contributed by atoms with E-state index >= 15 is 0 Å². The Morgan fingerprint density at radius 1 is 1.21 bits per heavy atom. The van der Waals surface area contributed by atoms with Crippen LogP contribution in [0.15, 0.2) is 55.1 Å². The molecular formula is C22H18ClN7O4. The maximum Gasteiger partial charge on any atom is 0.269 e. The smallest absolute Gasteiger partial charge is 0.269 e. The van der Waals surface area contributed by atoms with Gasteiger partial charge in [0.15, 0.2) is 5.65 Å². The minimum Gasteiger partial charge on any atom is -0.461 e. The molecule has 3 aromatic heterocycles. The number of benzene rings is 1. The normalized spacial score (nSPS) is 11.7. The minimum absolute atomic E-state index is 0.0197. The molecule has 0 aliphatic heterocycles. The number of nitriles is 1. The van der Waals surface area contributed by atoms with E-state index in [9.17, 15) is 4.79 Å². The van der Waals surface area contributed by atoms with Gasteiger partial charge in [-0.25, -0.2) is 19.6 Å². The highest BCUT2D eigenvalue weighted by atomic mass is 35.5. The van der Waals surface area contributed by atoms with Crippen LogP contribution < -0.4 is 10.1 Å². The highest BCUT2D eigenvalue weighted by Crippen LogP contribution is 2.27. The molecule has 0 aliphatic rings. The van der Waals surface area contributed by atoms with E-state index in [0.717, 1.165) is 0 Å². The third-order valence-corrected chi connectivity index (χ3v) is 4.92.